The minimum atomic E-state index is 0.284. The number of pyridine rings is 1. The lowest BCUT2D eigenvalue weighted by atomic mass is 10.2. The van der Waals surface area contributed by atoms with Crippen LogP contribution in [0.4, 0.5) is 5.82 Å². The van der Waals surface area contributed by atoms with Gasteiger partial charge in [0, 0.05) is 20.7 Å². The molecule has 0 radical (unpaired) electrons. The Kier molecular flexibility index (Phi) is 4.19. The lowest BCUT2D eigenvalue weighted by Gasteiger charge is -2.22. The van der Waals surface area contributed by atoms with Gasteiger partial charge in [-0.15, -0.1) is 0 Å². The third-order valence-electron chi connectivity index (χ3n) is 2.72. The molecule has 0 aliphatic heterocycles. The second-order valence-corrected chi connectivity index (χ2v) is 5.65. The van der Waals surface area contributed by atoms with E-state index in [4.69, 9.17) is 4.74 Å². The molecule has 2 aromatic rings. The Bertz CT molecular complexity index is 528. The van der Waals surface area contributed by atoms with E-state index in [1.54, 1.807) is 13.4 Å². The molecule has 2 heterocycles. The Balaban J connectivity index is 2.26. The van der Waals surface area contributed by atoms with Gasteiger partial charge in [0.05, 0.1) is 11.4 Å². The molecule has 5 nitrogen and oxygen atoms in total. The van der Waals surface area contributed by atoms with Crippen LogP contribution in [0.15, 0.2) is 18.5 Å². The van der Waals surface area contributed by atoms with E-state index < -0.39 is 0 Å². The Hall–Kier alpha value is -1.14. The number of rotatable bonds is 5. The number of aryl methyl sites for hydroxylation is 1. The van der Waals surface area contributed by atoms with Crippen LogP contribution in [0.5, 0.6) is 0 Å². The fourth-order valence-electron chi connectivity index (χ4n) is 1.93. The van der Waals surface area contributed by atoms with Crippen molar-refractivity contribution in [3.05, 3.63) is 24.0 Å². The summed E-state index contributed by atoms with van der Waals surface area (Å²) >= 11 is 3.60. The van der Waals surface area contributed by atoms with E-state index in [0.29, 0.717) is 6.61 Å². The van der Waals surface area contributed by atoms with Crippen molar-refractivity contribution in [2.24, 2.45) is 0 Å². The van der Waals surface area contributed by atoms with E-state index in [0.717, 1.165) is 18.0 Å². The van der Waals surface area contributed by atoms with Crippen LogP contribution in [-0.4, -0.2) is 46.7 Å². The van der Waals surface area contributed by atoms with Crippen molar-refractivity contribution in [1.82, 2.24) is 14.6 Å². The highest BCUT2D eigenvalue weighted by molar-refractivity contribution is 9.09. The van der Waals surface area contributed by atoms with Gasteiger partial charge in [-0.2, -0.15) is 9.61 Å². The van der Waals surface area contributed by atoms with Gasteiger partial charge in [0.15, 0.2) is 5.65 Å². The minimum Gasteiger partial charge on any atom is -0.383 e. The lowest BCUT2D eigenvalue weighted by molar-refractivity contribution is 0.201. The first-order valence-corrected chi connectivity index (χ1v) is 6.68. The zero-order valence-electron chi connectivity index (χ0n) is 10.8. The Labute approximate surface area is 115 Å². The van der Waals surface area contributed by atoms with Crippen LogP contribution in [0.3, 0.4) is 0 Å². The van der Waals surface area contributed by atoms with Crippen molar-refractivity contribution in [2.75, 3.05) is 32.2 Å². The molecule has 0 spiro atoms. The standard InChI is InChI=1S/C12H17BrN4O/c1-9-4-11-14-8-15-17(11)12(5-9)16(2)6-10(13)7-18-3/h4-5,8,10H,6-7H2,1-3H3. The number of ether oxygens (including phenoxy) is 1. The fourth-order valence-corrected chi connectivity index (χ4v) is 2.63. The Morgan fingerprint density at radius 3 is 3.00 bits per heavy atom. The molecule has 0 N–H and O–H groups in total. The predicted molar refractivity (Wildman–Crippen MR) is 75.6 cm³/mol. The molecule has 0 aromatic carbocycles. The number of hydrogen-bond acceptors (Lipinski definition) is 4. The highest BCUT2D eigenvalue weighted by atomic mass is 79.9. The highest BCUT2D eigenvalue weighted by Gasteiger charge is 2.12. The van der Waals surface area contributed by atoms with Crippen molar-refractivity contribution >= 4 is 27.4 Å². The second-order valence-electron chi connectivity index (χ2n) is 4.35. The summed E-state index contributed by atoms with van der Waals surface area (Å²) in [6, 6.07) is 4.12. The number of anilines is 1. The largest absolute Gasteiger partial charge is 0.383 e. The van der Waals surface area contributed by atoms with Crippen LogP contribution in [0.25, 0.3) is 5.65 Å². The maximum atomic E-state index is 5.13. The van der Waals surface area contributed by atoms with Gasteiger partial charge in [-0.05, 0) is 24.6 Å². The van der Waals surface area contributed by atoms with E-state index in [2.05, 4.69) is 43.9 Å². The summed E-state index contributed by atoms with van der Waals surface area (Å²) < 4.78 is 6.98. The zero-order chi connectivity index (χ0) is 13.1. The molecule has 1 atom stereocenters. The van der Waals surface area contributed by atoms with Crippen LogP contribution in [0.1, 0.15) is 5.56 Å². The average molecular weight is 313 g/mol. The molecular formula is C12H17BrN4O. The van der Waals surface area contributed by atoms with Crippen molar-refractivity contribution in [3.8, 4) is 0 Å². The second kappa shape index (κ2) is 5.67. The molecule has 0 amide bonds. The van der Waals surface area contributed by atoms with Crippen LogP contribution < -0.4 is 4.90 Å². The first-order chi connectivity index (χ1) is 8.61. The minimum absolute atomic E-state index is 0.284. The summed E-state index contributed by atoms with van der Waals surface area (Å²) in [6.07, 6.45) is 1.58. The quantitative estimate of drug-likeness (QED) is 0.791. The molecule has 0 saturated heterocycles. The van der Waals surface area contributed by atoms with Gasteiger partial charge in [-0.25, -0.2) is 4.98 Å². The number of hydrogen-bond donors (Lipinski definition) is 0. The number of aromatic nitrogens is 3. The molecule has 18 heavy (non-hydrogen) atoms. The van der Waals surface area contributed by atoms with Crippen LogP contribution in [0.2, 0.25) is 0 Å². The first-order valence-electron chi connectivity index (χ1n) is 5.76. The molecule has 2 rings (SSSR count). The van der Waals surface area contributed by atoms with Gasteiger partial charge in [-0.1, -0.05) is 15.9 Å². The van der Waals surface area contributed by atoms with Gasteiger partial charge in [0.25, 0.3) is 0 Å². The summed E-state index contributed by atoms with van der Waals surface area (Å²) in [5.74, 6) is 1.03. The number of fused-ring (bicyclic) bond motifs is 1. The third-order valence-corrected chi connectivity index (χ3v) is 3.27. The summed E-state index contributed by atoms with van der Waals surface area (Å²) in [4.78, 5) is 6.66. The fraction of sp³-hybridized carbons (Fsp3) is 0.500. The third kappa shape index (κ3) is 2.81. The molecule has 2 aromatic heterocycles. The molecule has 6 heteroatoms. The summed E-state index contributed by atoms with van der Waals surface area (Å²) in [6.45, 7) is 3.58. The van der Waals surface area contributed by atoms with Gasteiger partial charge in [0.1, 0.15) is 12.1 Å². The molecule has 1 unspecified atom stereocenters. The molecular weight excluding hydrogens is 296 g/mol. The Morgan fingerprint density at radius 2 is 2.28 bits per heavy atom. The van der Waals surface area contributed by atoms with Crippen LogP contribution in [-0.2, 0) is 4.74 Å². The van der Waals surface area contributed by atoms with E-state index in [-0.39, 0.29) is 4.83 Å². The lowest BCUT2D eigenvalue weighted by Crippen LogP contribution is -2.29. The number of alkyl halides is 1. The van der Waals surface area contributed by atoms with Crippen LogP contribution >= 0.6 is 15.9 Å². The van der Waals surface area contributed by atoms with Crippen LogP contribution in [0, 0.1) is 6.92 Å². The predicted octanol–water partition coefficient (Wildman–Crippen LogP) is 1.88. The summed E-state index contributed by atoms with van der Waals surface area (Å²) in [5.41, 5.74) is 2.05. The molecule has 0 fully saturated rings. The number of halogens is 1. The monoisotopic (exact) mass is 312 g/mol. The van der Waals surface area contributed by atoms with Crippen molar-refractivity contribution in [1.29, 1.82) is 0 Å². The van der Waals surface area contributed by atoms with Crippen molar-refractivity contribution in [3.63, 3.8) is 0 Å². The molecule has 0 bridgehead atoms. The van der Waals surface area contributed by atoms with Gasteiger partial charge in [-0.3, -0.25) is 0 Å². The van der Waals surface area contributed by atoms with Gasteiger partial charge >= 0.3 is 0 Å². The van der Waals surface area contributed by atoms with Gasteiger partial charge < -0.3 is 9.64 Å². The maximum absolute atomic E-state index is 5.13. The number of methoxy groups -OCH3 is 1. The first kappa shape index (κ1) is 13.3. The van der Waals surface area contributed by atoms with E-state index in [1.165, 1.54) is 5.56 Å². The molecule has 0 saturated carbocycles. The van der Waals surface area contributed by atoms with Crippen molar-refractivity contribution < 1.29 is 4.74 Å². The van der Waals surface area contributed by atoms with E-state index >= 15 is 0 Å². The van der Waals surface area contributed by atoms with Crippen molar-refractivity contribution in [2.45, 2.75) is 11.8 Å². The number of nitrogens with zero attached hydrogens (tertiary/aromatic N) is 4. The van der Waals surface area contributed by atoms with E-state index in [1.807, 2.05) is 17.6 Å². The topological polar surface area (TPSA) is 42.7 Å². The SMILES string of the molecule is COCC(Br)CN(C)c1cc(C)cc2ncnn12. The zero-order valence-corrected chi connectivity index (χ0v) is 12.4. The van der Waals surface area contributed by atoms with Gasteiger partial charge in [0.2, 0.25) is 0 Å². The summed E-state index contributed by atoms with van der Waals surface area (Å²) in [5, 5.41) is 4.25. The Morgan fingerprint density at radius 1 is 1.50 bits per heavy atom. The van der Waals surface area contributed by atoms with E-state index in [9.17, 15) is 0 Å². The average Bonchev–Trinajstić information content (AvgIpc) is 2.75. The molecule has 0 aliphatic rings. The normalized spacial score (nSPS) is 12.9. The maximum Gasteiger partial charge on any atom is 0.157 e. The smallest absolute Gasteiger partial charge is 0.157 e. The summed E-state index contributed by atoms with van der Waals surface area (Å²) in [7, 11) is 3.75. The molecule has 0 aliphatic carbocycles. The molecule has 98 valence electrons. The highest BCUT2D eigenvalue weighted by Crippen LogP contribution is 2.18.